The molecule has 0 fully saturated rings. The van der Waals surface area contributed by atoms with Gasteiger partial charge in [-0.3, -0.25) is 47.9 Å². The van der Waals surface area contributed by atoms with E-state index in [1.165, 1.54) is 62.0 Å². The molecule has 9 amide bonds. The second kappa shape index (κ2) is 35.7. The maximum Gasteiger partial charge on any atom is 0.326 e. The van der Waals surface area contributed by atoms with E-state index in [9.17, 15) is 78.3 Å². The summed E-state index contributed by atoms with van der Waals surface area (Å²) < 4.78 is 0. The number of aromatic amines is 1. The zero-order valence-corrected chi connectivity index (χ0v) is 48.2. The molecule has 452 valence electrons. The van der Waals surface area contributed by atoms with Crippen molar-refractivity contribution in [3.63, 3.8) is 0 Å². The Hall–Kier alpha value is -7.02. The lowest BCUT2D eigenvalue weighted by molar-refractivity contribution is -0.144. The molecule has 1 aromatic carbocycles. The molecule has 30 heteroatoms. The summed E-state index contributed by atoms with van der Waals surface area (Å²) in [6, 6.07) is -6.89. The van der Waals surface area contributed by atoms with Gasteiger partial charge in [0.1, 0.15) is 54.1 Å². The Balaban J connectivity index is 2.27. The van der Waals surface area contributed by atoms with E-state index in [0.717, 1.165) is 13.8 Å². The number of rotatable bonds is 37. The van der Waals surface area contributed by atoms with Gasteiger partial charge in [-0.05, 0) is 99.5 Å². The Labute approximate surface area is 478 Å². The third kappa shape index (κ3) is 25.5. The third-order valence-corrected chi connectivity index (χ3v) is 13.5. The number of nitrogens with one attached hydrogen (secondary N) is 10. The molecule has 0 aliphatic rings. The van der Waals surface area contributed by atoms with Crippen LogP contribution in [0.1, 0.15) is 84.9 Å². The fourth-order valence-electron chi connectivity index (χ4n) is 7.75. The summed E-state index contributed by atoms with van der Waals surface area (Å²) in [5.41, 5.74) is 7.11. The standard InChI is InChI=1S/C51H80N12O16S2/c1-25(2)19-36(59-46(73)34(15-17-80-7)56-43(70)32(52)20-29-9-11-31(66)12-10-29)44(71)54-23-38(67)61-41(27(5)64)49(76)60-37(21-30-22-53-24-55-30)48(75)63-42(28(6)65)50(77)58-35(16-18-81-8)45(72)57-33(13-14-39(68)69)47(74)62-40(26(3)4)51(78)79/h9-12,22,24-28,32-37,40-42,64-66H,13-21,23,52H2,1-8H3,(H,53,55)(H,54,71)(H,56,70)(H,57,72)(H,58,77)(H,59,73)(H,60,76)(H,61,67)(H,62,74)(H,63,75)(H,68,69)(H,78,79)/t27-,28-,32+,33+,34+,35+,36+,37+,40+,41+,42+/m1/s1. The van der Waals surface area contributed by atoms with Crippen LogP contribution in [0.3, 0.4) is 0 Å². The van der Waals surface area contributed by atoms with E-state index in [0.29, 0.717) is 11.3 Å². The Morgan fingerprint density at radius 1 is 0.580 bits per heavy atom. The van der Waals surface area contributed by atoms with E-state index in [4.69, 9.17) is 5.73 Å². The minimum atomic E-state index is -1.82. The number of phenolic OH excluding ortho intramolecular Hbond substituents is 1. The number of aromatic hydroxyl groups is 1. The Morgan fingerprint density at radius 3 is 1.53 bits per heavy atom. The van der Waals surface area contributed by atoms with E-state index in [2.05, 4.69) is 57.8 Å². The van der Waals surface area contributed by atoms with Gasteiger partial charge in [-0.15, -0.1) is 0 Å². The number of phenols is 1. The van der Waals surface area contributed by atoms with Crippen molar-refractivity contribution in [1.29, 1.82) is 0 Å². The van der Waals surface area contributed by atoms with Crippen LogP contribution in [0.25, 0.3) is 0 Å². The average Bonchev–Trinajstić information content (AvgIpc) is 3.92. The molecule has 0 saturated carbocycles. The molecule has 0 spiro atoms. The maximum atomic E-state index is 14.1. The first-order chi connectivity index (χ1) is 38.1. The van der Waals surface area contributed by atoms with Crippen molar-refractivity contribution >= 4 is 88.6 Å². The summed E-state index contributed by atoms with van der Waals surface area (Å²) in [6.07, 6.45) is 1.69. The number of benzene rings is 1. The SMILES string of the molecule is CSCC[C@H](NC(=O)[C@@H](NC(=O)[C@H](Cc1cnc[nH]1)NC(=O)[C@@H](NC(=O)CNC(=O)[C@H](CC(C)C)NC(=O)[C@H](CCSC)NC(=O)[C@@H](N)Cc1ccc(O)cc1)[C@@H](C)O)[C@@H](C)O)C(=O)N[C@@H](CCC(=O)O)C(=O)N[C@H](C(=O)O)C(C)C. The number of aliphatic hydroxyl groups excluding tert-OH is 2. The quantitative estimate of drug-likeness (QED) is 0.0324. The fraction of sp³-hybridized carbons (Fsp3) is 0.608. The molecule has 2 aromatic rings. The molecular weight excluding hydrogens is 1100 g/mol. The molecule has 0 aliphatic carbocycles. The molecule has 11 atom stereocenters. The number of H-pyrrole nitrogens is 1. The lowest BCUT2D eigenvalue weighted by Gasteiger charge is -2.29. The van der Waals surface area contributed by atoms with Crippen LogP contribution < -0.4 is 53.6 Å². The molecule has 81 heavy (non-hydrogen) atoms. The van der Waals surface area contributed by atoms with Crippen LogP contribution in [0.5, 0.6) is 5.75 Å². The van der Waals surface area contributed by atoms with E-state index >= 15 is 0 Å². The fourth-order valence-corrected chi connectivity index (χ4v) is 8.69. The number of hydrogen-bond acceptors (Lipinski definition) is 18. The summed E-state index contributed by atoms with van der Waals surface area (Å²) >= 11 is 2.69. The minimum Gasteiger partial charge on any atom is -0.508 e. The number of carbonyl (C=O) groups is 11. The smallest absolute Gasteiger partial charge is 0.326 e. The summed E-state index contributed by atoms with van der Waals surface area (Å²) in [7, 11) is 0. The molecule has 0 unspecified atom stereocenters. The van der Waals surface area contributed by atoms with Gasteiger partial charge in [-0.25, -0.2) is 9.78 Å². The van der Waals surface area contributed by atoms with Crippen LogP contribution in [0, 0.1) is 11.8 Å². The number of nitrogens with zero attached hydrogens (tertiary/aromatic N) is 1. The van der Waals surface area contributed by atoms with Gasteiger partial charge in [0.25, 0.3) is 0 Å². The summed E-state index contributed by atoms with van der Waals surface area (Å²) in [5.74, 6) is -11.1. The molecule has 0 radical (unpaired) electrons. The number of carboxylic acid groups (broad SMARTS) is 2. The van der Waals surface area contributed by atoms with Crippen molar-refractivity contribution in [2.75, 3.05) is 30.6 Å². The Bertz CT molecular complexity index is 2420. The van der Waals surface area contributed by atoms with Crippen LogP contribution in [0.15, 0.2) is 36.8 Å². The van der Waals surface area contributed by atoms with Crippen LogP contribution in [-0.2, 0) is 65.6 Å². The minimum absolute atomic E-state index is 0.0338. The highest BCUT2D eigenvalue weighted by Gasteiger charge is 2.37. The maximum absolute atomic E-state index is 14.1. The van der Waals surface area contributed by atoms with Gasteiger partial charge in [-0.2, -0.15) is 23.5 Å². The lowest BCUT2D eigenvalue weighted by atomic mass is 10.0. The highest BCUT2D eigenvalue weighted by molar-refractivity contribution is 7.98. The largest absolute Gasteiger partial charge is 0.508 e. The number of thioether (sulfide) groups is 2. The lowest BCUT2D eigenvalue weighted by Crippen LogP contribution is -2.62. The van der Waals surface area contributed by atoms with Crippen molar-refractivity contribution in [3.8, 4) is 5.75 Å². The van der Waals surface area contributed by atoms with Crippen molar-refractivity contribution in [1.82, 2.24) is 57.8 Å². The second-order valence-electron chi connectivity index (χ2n) is 20.0. The summed E-state index contributed by atoms with van der Waals surface area (Å²) in [6.45, 7) is 8.16. The number of nitrogens with two attached hydrogens (primary N) is 1. The molecule has 1 aromatic heterocycles. The number of aliphatic carboxylic acids is 2. The monoisotopic (exact) mass is 1180 g/mol. The normalized spacial score (nSPS) is 15.3. The first-order valence-electron chi connectivity index (χ1n) is 26.1. The number of carbonyl (C=O) groups excluding carboxylic acids is 9. The zero-order chi connectivity index (χ0) is 61.1. The topological polar surface area (TPSA) is 452 Å². The second-order valence-corrected chi connectivity index (χ2v) is 22.0. The Kier molecular flexibility index (Phi) is 30.9. The number of aliphatic hydroxyl groups is 2. The summed E-state index contributed by atoms with van der Waals surface area (Å²) in [5, 5.41) is 72.1. The van der Waals surface area contributed by atoms with Crippen LogP contribution in [-0.4, -0.2) is 198 Å². The van der Waals surface area contributed by atoms with Gasteiger partial charge in [0, 0.05) is 24.7 Å². The number of hydrogen-bond donors (Lipinski definition) is 16. The molecular formula is C51H80N12O16S2. The Morgan fingerprint density at radius 2 is 1.05 bits per heavy atom. The highest BCUT2D eigenvalue weighted by Crippen LogP contribution is 2.14. The van der Waals surface area contributed by atoms with Crippen molar-refractivity contribution in [2.45, 2.75) is 153 Å². The van der Waals surface area contributed by atoms with Gasteiger partial charge >= 0.3 is 11.9 Å². The molecule has 1 heterocycles. The molecule has 28 nitrogen and oxygen atoms in total. The number of aromatic nitrogens is 2. The highest BCUT2D eigenvalue weighted by atomic mass is 32.2. The van der Waals surface area contributed by atoms with Crippen molar-refractivity contribution < 1.29 is 78.3 Å². The third-order valence-electron chi connectivity index (χ3n) is 12.2. The van der Waals surface area contributed by atoms with E-state index in [-0.39, 0.29) is 55.2 Å². The number of amides is 9. The van der Waals surface area contributed by atoms with E-state index < -0.39 is 157 Å². The number of imidazole rings is 1. The number of carboxylic acids is 2. The molecule has 0 bridgehead atoms. The predicted octanol–water partition coefficient (Wildman–Crippen LogP) is -2.86. The molecule has 17 N–H and O–H groups in total. The van der Waals surface area contributed by atoms with Gasteiger partial charge in [-0.1, -0.05) is 39.8 Å². The first-order valence-corrected chi connectivity index (χ1v) is 28.9. The van der Waals surface area contributed by atoms with Gasteiger partial charge in [0.05, 0.1) is 31.1 Å². The zero-order valence-electron chi connectivity index (χ0n) is 46.6. The van der Waals surface area contributed by atoms with Gasteiger partial charge < -0.3 is 84.1 Å². The van der Waals surface area contributed by atoms with Crippen molar-refractivity contribution in [3.05, 3.63) is 48.0 Å². The molecule has 0 saturated heterocycles. The first kappa shape index (κ1) is 70.1. The van der Waals surface area contributed by atoms with Gasteiger partial charge in [0.2, 0.25) is 53.2 Å². The van der Waals surface area contributed by atoms with E-state index in [1.807, 2.05) is 0 Å². The molecule has 0 aliphatic heterocycles. The van der Waals surface area contributed by atoms with Crippen LogP contribution >= 0.6 is 23.5 Å². The van der Waals surface area contributed by atoms with E-state index in [1.54, 1.807) is 38.5 Å². The van der Waals surface area contributed by atoms with Crippen molar-refractivity contribution in [2.24, 2.45) is 17.6 Å². The molecule has 2 rings (SSSR count). The van der Waals surface area contributed by atoms with Gasteiger partial charge in [0.15, 0.2) is 0 Å². The average molecular weight is 1180 g/mol. The summed E-state index contributed by atoms with van der Waals surface area (Å²) in [4.78, 5) is 153. The predicted molar refractivity (Wildman–Crippen MR) is 299 cm³/mol. The van der Waals surface area contributed by atoms with Crippen LogP contribution in [0.4, 0.5) is 0 Å². The van der Waals surface area contributed by atoms with Crippen LogP contribution in [0.2, 0.25) is 0 Å².